The van der Waals surface area contributed by atoms with E-state index in [1.54, 1.807) is 13.2 Å². The van der Waals surface area contributed by atoms with Gasteiger partial charge in [-0.15, -0.1) is 0 Å². The predicted octanol–water partition coefficient (Wildman–Crippen LogP) is 4.33. The lowest BCUT2D eigenvalue weighted by molar-refractivity contribution is 0.0952. The minimum absolute atomic E-state index is 0.00269. The Balaban J connectivity index is 1.67. The number of carbonyl (C=O) groups is 1. The van der Waals surface area contributed by atoms with Crippen LogP contribution < -0.4 is 10.1 Å². The van der Waals surface area contributed by atoms with E-state index in [1.165, 1.54) is 12.5 Å². The summed E-state index contributed by atoms with van der Waals surface area (Å²) >= 11 is 0. The molecule has 2 N–H and O–H groups in total. The highest BCUT2D eigenvalue weighted by molar-refractivity contribution is 5.94. The van der Waals surface area contributed by atoms with Crippen LogP contribution in [0.4, 0.5) is 0 Å². The summed E-state index contributed by atoms with van der Waals surface area (Å²) in [6.45, 7) is 0.470. The smallest absolute Gasteiger partial charge is 0.254 e. The maximum Gasteiger partial charge on any atom is 0.254 e. The molecule has 2 heterocycles. The quantitative estimate of drug-likeness (QED) is 0.538. The Kier molecular flexibility index (Phi) is 4.66. The molecule has 2 aromatic carbocycles. The van der Waals surface area contributed by atoms with Crippen molar-refractivity contribution in [1.82, 2.24) is 10.3 Å². The summed E-state index contributed by atoms with van der Waals surface area (Å²) in [5.74, 6) is 0.656. The molecule has 1 unspecified atom stereocenters. The van der Waals surface area contributed by atoms with E-state index in [4.69, 9.17) is 9.15 Å². The van der Waals surface area contributed by atoms with Gasteiger partial charge >= 0.3 is 0 Å². The van der Waals surface area contributed by atoms with E-state index in [1.807, 2.05) is 48.7 Å². The molecule has 136 valence electrons. The van der Waals surface area contributed by atoms with Gasteiger partial charge in [0.15, 0.2) is 0 Å². The maximum absolute atomic E-state index is 12.4. The topological polar surface area (TPSA) is 67.3 Å². The molecule has 0 radical (unpaired) electrons. The molecule has 4 rings (SSSR count). The fourth-order valence-corrected chi connectivity index (χ4v) is 3.32. The number of benzene rings is 2. The van der Waals surface area contributed by atoms with Crippen LogP contribution in [-0.4, -0.2) is 24.5 Å². The molecular weight excluding hydrogens is 340 g/mol. The van der Waals surface area contributed by atoms with Crippen LogP contribution in [0.3, 0.4) is 0 Å². The van der Waals surface area contributed by atoms with Gasteiger partial charge in [0.05, 0.1) is 18.9 Å². The second kappa shape index (κ2) is 7.41. The second-order valence-electron chi connectivity index (χ2n) is 6.34. The van der Waals surface area contributed by atoms with Crippen LogP contribution in [0.15, 0.2) is 77.7 Å². The fraction of sp³-hybridized carbons (Fsp3) is 0.136. The average Bonchev–Trinajstić information content (AvgIpc) is 3.39. The van der Waals surface area contributed by atoms with Gasteiger partial charge in [-0.3, -0.25) is 4.79 Å². The normalized spacial score (nSPS) is 12.0. The van der Waals surface area contributed by atoms with Crippen molar-refractivity contribution in [2.75, 3.05) is 13.7 Å². The fourth-order valence-electron chi connectivity index (χ4n) is 3.32. The molecule has 1 atom stereocenters. The van der Waals surface area contributed by atoms with Crippen molar-refractivity contribution in [2.24, 2.45) is 0 Å². The van der Waals surface area contributed by atoms with Crippen molar-refractivity contribution >= 4 is 16.8 Å². The molecule has 0 spiro atoms. The molecule has 0 bridgehead atoms. The zero-order chi connectivity index (χ0) is 18.6. The average molecular weight is 360 g/mol. The third-order valence-corrected chi connectivity index (χ3v) is 4.76. The number of fused-ring (bicyclic) bond motifs is 1. The summed E-state index contributed by atoms with van der Waals surface area (Å²) in [6.07, 6.45) is 4.96. The van der Waals surface area contributed by atoms with Crippen molar-refractivity contribution < 1.29 is 13.9 Å². The van der Waals surface area contributed by atoms with Gasteiger partial charge in [0.2, 0.25) is 0 Å². The molecule has 4 aromatic rings. The van der Waals surface area contributed by atoms with E-state index in [-0.39, 0.29) is 11.8 Å². The number of hydrogen-bond acceptors (Lipinski definition) is 3. The lowest BCUT2D eigenvalue weighted by atomic mass is 9.90. The number of methoxy groups -OCH3 is 1. The van der Waals surface area contributed by atoms with Crippen molar-refractivity contribution in [3.63, 3.8) is 0 Å². The second-order valence-corrected chi connectivity index (χ2v) is 6.34. The highest BCUT2D eigenvalue weighted by atomic mass is 16.5. The number of hydrogen-bond donors (Lipinski definition) is 2. The van der Waals surface area contributed by atoms with Gasteiger partial charge in [-0.2, -0.15) is 0 Å². The summed E-state index contributed by atoms with van der Waals surface area (Å²) < 4.78 is 10.3. The van der Waals surface area contributed by atoms with Crippen LogP contribution in [0.2, 0.25) is 0 Å². The molecule has 5 nitrogen and oxygen atoms in total. The first kappa shape index (κ1) is 17.0. The molecule has 0 aliphatic rings. The van der Waals surface area contributed by atoms with Gasteiger partial charge in [0.25, 0.3) is 5.91 Å². The Hall–Kier alpha value is -3.47. The van der Waals surface area contributed by atoms with E-state index in [0.717, 1.165) is 27.8 Å². The summed E-state index contributed by atoms with van der Waals surface area (Å²) in [4.78, 5) is 15.7. The number of ether oxygens (including phenoxy) is 1. The SMILES string of the molecule is COc1ccc(C(CNC(=O)c2ccoc2)c2c[nH]c3ccccc23)cc1. The Bertz CT molecular complexity index is 1030. The molecule has 0 fully saturated rings. The van der Waals surface area contributed by atoms with Crippen LogP contribution in [0.5, 0.6) is 5.75 Å². The van der Waals surface area contributed by atoms with Crippen molar-refractivity contribution in [2.45, 2.75) is 5.92 Å². The van der Waals surface area contributed by atoms with E-state index in [0.29, 0.717) is 12.1 Å². The van der Waals surface area contributed by atoms with Gasteiger partial charge < -0.3 is 19.5 Å². The lowest BCUT2D eigenvalue weighted by Gasteiger charge is -2.18. The Morgan fingerprint density at radius 3 is 2.70 bits per heavy atom. The minimum atomic E-state index is -0.151. The van der Waals surface area contributed by atoms with Crippen LogP contribution >= 0.6 is 0 Å². The Morgan fingerprint density at radius 1 is 1.15 bits per heavy atom. The predicted molar refractivity (Wildman–Crippen MR) is 104 cm³/mol. The van der Waals surface area contributed by atoms with E-state index >= 15 is 0 Å². The Labute approximate surface area is 157 Å². The lowest BCUT2D eigenvalue weighted by Crippen LogP contribution is -2.28. The summed E-state index contributed by atoms with van der Waals surface area (Å²) in [5, 5.41) is 4.17. The number of para-hydroxylation sites is 1. The van der Waals surface area contributed by atoms with E-state index in [9.17, 15) is 4.79 Å². The van der Waals surface area contributed by atoms with Crippen molar-refractivity contribution in [3.05, 3.63) is 90.0 Å². The zero-order valence-electron chi connectivity index (χ0n) is 14.9. The van der Waals surface area contributed by atoms with Gasteiger partial charge in [0, 0.05) is 29.6 Å². The number of amides is 1. The summed E-state index contributed by atoms with van der Waals surface area (Å²) in [7, 11) is 1.65. The number of rotatable bonds is 6. The highest BCUT2D eigenvalue weighted by Crippen LogP contribution is 2.31. The third kappa shape index (κ3) is 3.44. The molecule has 27 heavy (non-hydrogen) atoms. The van der Waals surface area contributed by atoms with Crippen molar-refractivity contribution in [3.8, 4) is 5.75 Å². The first-order chi connectivity index (χ1) is 13.3. The monoisotopic (exact) mass is 360 g/mol. The first-order valence-electron chi connectivity index (χ1n) is 8.76. The summed E-state index contributed by atoms with van der Waals surface area (Å²) in [6, 6.07) is 17.8. The molecule has 2 aromatic heterocycles. The van der Waals surface area contributed by atoms with Crippen LogP contribution in [0.1, 0.15) is 27.4 Å². The maximum atomic E-state index is 12.4. The number of carbonyl (C=O) groups excluding carboxylic acids is 1. The molecule has 5 heteroatoms. The number of furan rings is 1. The van der Waals surface area contributed by atoms with Crippen LogP contribution in [0, 0.1) is 0 Å². The number of H-pyrrole nitrogens is 1. The molecule has 1 amide bonds. The molecular formula is C22H20N2O3. The minimum Gasteiger partial charge on any atom is -0.497 e. The molecule has 0 aliphatic carbocycles. The van der Waals surface area contributed by atoms with Gasteiger partial charge in [-0.1, -0.05) is 30.3 Å². The zero-order valence-corrected chi connectivity index (χ0v) is 14.9. The molecule has 0 saturated heterocycles. The molecule has 0 saturated carbocycles. The largest absolute Gasteiger partial charge is 0.497 e. The number of aromatic nitrogens is 1. The number of aromatic amines is 1. The third-order valence-electron chi connectivity index (χ3n) is 4.76. The van der Waals surface area contributed by atoms with Crippen molar-refractivity contribution in [1.29, 1.82) is 0 Å². The summed E-state index contributed by atoms with van der Waals surface area (Å²) in [5.41, 5.74) is 3.84. The number of nitrogens with one attached hydrogen (secondary N) is 2. The van der Waals surface area contributed by atoms with E-state index in [2.05, 4.69) is 16.4 Å². The van der Waals surface area contributed by atoms with Gasteiger partial charge in [-0.25, -0.2) is 0 Å². The first-order valence-corrected chi connectivity index (χ1v) is 8.76. The van der Waals surface area contributed by atoms with E-state index < -0.39 is 0 Å². The Morgan fingerprint density at radius 2 is 1.96 bits per heavy atom. The molecule has 0 aliphatic heterocycles. The van der Waals surface area contributed by atoms with Gasteiger partial charge in [0.1, 0.15) is 12.0 Å². The van der Waals surface area contributed by atoms with Gasteiger partial charge in [-0.05, 0) is 35.4 Å². The van der Waals surface area contributed by atoms with Crippen LogP contribution in [-0.2, 0) is 0 Å². The standard InChI is InChI=1S/C22H20N2O3/c1-26-17-8-6-15(7-9-17)19(12-24-22(25)16-10-11-27-14-16)20-13-23-21-5-3-2-4-18(20)21/h2-11,13-14,19,23H,12H2,1H3,(H,24,25). The highest BCUT2D eigenvalue weighted by Gasteiger charge is 2.20. The van der Waals surface area contributed by atoms with Crippen LogP contribution in [0.25, 0.3) is 10.9 Å².